The van der Waals surface area contributed by atoms with Crippen LogP contribution in [0.2, 0.25) is 0 Å². The Balaban J connectivity index is 1.28. The number of carbonyl (C=O) groups is 1. The molecule has 1 aromatic heterocycles. The van der Waals surface area contributed by atoms with Crippen LogP contribution in [0.5, 0.6) is 11.5 Å². The third-order valence-corrected chi connectivity index (χ3v) is 7.32. The molecule has 0 radical (unpaired) electrons. The number of hydrogen-bond donors (Lipinski definition) is 1. The topological polar surface area (TPSA) is 74.6 Å². The highest BCUT2D eigenvalue weighted by Gasteiger charge is 2.34. The number of carbonyl (C=O) groups excluding carboxylic acids is 1. The van der Waals surface area contributed by atoms with Crippen molar-refractivity contribution >= 4 is 22.7 Å². The molecule has 2 atom stereocenters. The molecule has 0 spiro atoms. The molecule has 1 N–H and O–H groups in total. The molecule has 37 heavy (non-hydrogen) atoms. The fourth-order valence-electron chi connectivity index (χ4n) is 5.21. The molecule has 190 valence electrons. The molecule has 3 aromatic carbocycles. The van der Waals surface area contributed by atoms with Gasteiger partial charge in [-0.1, -0.05) is 12.1 Å². The summed E-state index contributed by atoms with van der Waals surface area (Å²) in [6.45, 7) is 6.19. The lowest BCUT2D eigenvalue weighted by molar-refractivity contribution is -0.149. The normalized spacial score (nSPS) is 18.4. The van der Waals surface area contributed by atoms with Crippen molar-refractivity contribution in [1.82, 2.24) is 9.55 Å². The van der Waals surface area contributed by atoms with E-state index in [1.54, 1.807) is 7.11 Å². The standard InChI is InChI=1S/C30H31N3O4/c1-17-21(16-31-22-10-12-24-28(14-22)36-18(2)29(24)37-19(3)34)6-5-7-26(17)33-27-13-11-23(35-4)15-25(27)32-30(33)20-8-9-20/h5-7,10-15,18,20,29,31H,8-9,16H2,1-4H3/t18?,29-/m1/s1. The Kier molecular flexibility index (Phi) is 5.78. The van der Waals surface area contributed by atoms with E-state index in [2.05, 4.69) is 41.1 Å². The summed E-state index contributed by atoms with van der Waals surface area (Å²) in [6, 6.07) is 18.5. The number of esters is 1. The highest BCUT2D eigenvalue weighted by Crippen LogP contribution is 2.43. The van der Waals surface area contributed by atoms with E-state index in [1.165, 1.54) is 30.9 Å². The Morgan fingerprint density at radius 3 is 2.76 bits per heavy atom. The smallest absolute Gasteiger partial charge is 0.303 e. The molecule has 0 bridgehead atoms. The van der Waals surface area contributed by atoms with E-state index in [4.69, 9.17) is 19.2 Å². The highest BCUT2D eigenvalue weighted by molar-refractivity contribution is 5.80. The maximum Gasteiger partial charge on any atom is 0.303 e. The number of anilines is 1. The molecule has 4 aromatic rings. The van der Waals surface area contributed by atoms with Crippen LogP contribution in [0.4, 0.5) is 5.69 Å². The first-order chi connectivity index (χ1) is 17.9. The van der Waals surface area contributed by atoms with Gasteiger partial charge in [0.25, 0.3) is 0 Å². The lowest BCUT2D eigenvalue weighted by atomic mass is 10.0. The second-order valence-electron chi connectivity index (χ2n) is 9.95. The fraction of sp³-hybridized carbons (Fsp3) is 0.333. The number of methoxy groups -OCH3 is 1. The van der Waals surface area contributed by atoms with Gasteiger partial charge in [-0.15, -0.1) is 0 Å². The summed E-state index contributed by atoms with van der Waals surface area (Å²) in [5, 5.41) is 3.55. The average Bonchev–Trinajstić information content (AvgIpc) is 3.60. The first-order valence-electron chi connectivity index (χ1n) is 12.8. The average molecular weight is 498 g/mol. The summed E-state index contributed by atoms with van der Waals surface area (Å²) in [7, 11) is 1.69. The Hall–Kier alpha value is -4.00. The van der Waals surface area contributed by atoms with Gasteiger partial charge in [-0.2, -0.15) is 0 Å². The van der Waals surface area contributed by atoms with Gasteiger partial charge >= 0.3 is 5.97 Å². The summed E-state index contributed by atoms with van der Waals surface area (Å²) in [4.78, 5) is 16.5. The molecule has 2 heterocycles. The zero-order chi connectivity index (χ0) is 25.7. The van der Waals surface area contributed by atoms with Crippen LogP contribution in [0.25, 0.3) is 16.7 Å². The number of benzene rings is 3. The number of fused-ring (bicyclic) bond motifs is 2. The van der Waals surface area contributed by atoms with Crippen LogP contribution in [0, 0.1) is 6.92 Å². The van der Waals surface area contributed by atoms with E-state index in [1.807, 2.05) is 37.3 Å². The maximum atomic E-state index is 11.5. The van der Waals surface area contributed by atoms with Crippen LogP contribution in [0.15, 0.2) is 54.6 Å². The van der Waals surface area contributed by atoms with Crippen molar-refractivity contribution in [2.24, 2.45) is 0 Å². The summed E-state index contributed by atoms with van der Waals surface area (Å²) in [5.41, 5.74) is 7.51. The van der Waals surface area contributed by atoms with E-state index in [0.29, 0.717) is 12.5 Å². The Morgan fingerprint density at radius 1 is 1.16 bits per heavy atom. The molecule has 7 nitrogen and oxygen atoms in total. The summed E-state index contributed by atoms with van der Waals surface area (Å²) < 4.78 is 19.2. The van der Waals surface area contributed by atoms with Gasteiger partial charge in [0, 0.05) is 42.8 Å². The second-order valence-corrected chi connectivity index (χ2v) is 9.95. The van der Waals surface area contributed by atoms with Crippen LogP contribution < -0.4 is 14.8 Å². The molecule has 1 unspecified atom stereocenters. The van der Waals surface area contributed by atoms with E-state index in [0.717, 1.165) is 45.3 Å². The van der Waals surface area contributed by atoms with E-state index in [-0.39, 0.29) is 18.2 Å². The molecule has 7 heteroatoms. The molecule has 2 aliphatic rings. The van der Waals surface area contributed by atoms with Crippen molar-refractivity contribution in [3.8, 4) is 17.2 Å². The number of aromatic nitrogens is 2. The van der Waals surface area contributed by atoms with E-state index >= 15 is 0 Å². The molecule has 1 fully saturated rings. The van der Waals surface area contributed by atoms with Crippen LogP contribution in [-0.2, 0) is 16.1 Å². The van der Waals surface area contributed by atoms with Gasteiger partial charge in [0.15, 0.2) is 6.10 Å². The molecule has 6 rings (SSSR count). The SMILES string of the molecule is COc1ccc2c(c1)nc(C1CC1)n2-c1cccc(CNc2ccc3c(c2)OC(C)[C@H]3OC(C)=O)c1C. The largest absolute Gasteiger partial charge is 0.497 e. The molecule has 1 aliphatic heterocycles. The summed E-state index contributed by atoms with van der Waals surface area (Å²) >= 11 is 0. The monoisotopic (exact) mass is 497 g/mol. The molecule has 0 amide bonds. The third-order valence-electron chi connectivity index (χ3n) is 7.32. The molecular formula is C30H31N3O4. The van der Waals surface area contributed by atoms with Crippen molar-refractivity contribution in [2.45, 2.75) is 58.3 Å². The van der Waals surface area contributed by atoms with E-state index < -0.39 is 0 Å². The Labute approximate surface area is 216 Å². The van der Waals surface area contributed by atoms with Crippen LogP contribution >= 0.6 is 0 Å². The number of nitrogens with one attached hydrogen (secondary N) is 1. The number of rotatable bonds is 7. The molecule has 0 saturated heterocycles. The zero-order valence-electron chi connectivity index (χ0n) is 21.6. The van der Waals surface area contributed by atoms with Crippen molar-refractivity contribution in [3.63, 3.8) is 0 Å². The zero-order valence-corrected chi connectivity index (χ0v) is 21.6. The van der Waals surface area contributed by atoms with Crippen molar-refractivity contribution in [3.05, 3.63) is 77.1 Å². The van der Waals surface area contributed by atoms with Gasteiger partial charge in [0.05, 0.1) is 23.8 Å². The van der Waals surface area contributed by atoms with Crippen molar-refractivity contribution in [2.75, 3.05) is 12.4 Å². The minimum Gasteiger partial charge on any atom is -0.497 e. The lowest BCUT2D eigenvalue weighted by Gasteiger charge is -2.16. The van der Waals surface area contributed by atoms with Crippen LogP contribution in [0.1, 0.15) is 61.2 Å². The maximum absolute atomic E-state index is 11.5. The number of hydrogen-bond acceptors (Lipinski definition) is 6. The van der Waals surface area contributed by atoms with Crippen molar-refractivity contribution in [1.29, 1.82) is 0 Å². The van der Waals surface area contributed by atoms with Gasteiger partial charge in [0.2, 0.25) is 0 Å². The van der Waals surface area contributed by atoms with Crippen LogP contribution in [-0.4, -0.2) is 28.7 Å². The summed E-state index contributed by atoms with van der Waals surface area (Å²) in [5.74, 6) is 2.90. The van der Waals surface area contributed by atoms with Gasteiger partial charge in [-0.25, -0.2) is 4.98 Å². The van der Waals surface area contributed by atoms with Gasteiger partial charge in [-0.05, 0) is 68.1 Å². The van der Waals surface area contributed by atoms with Gasteiger partial charge in [0.1, 0.15) is 23.4 Å². The van der Waals surface area contributed by atoms with E-state index in [9.17, 15) is 4.79 Å². The minimum absolute atomic E-state index is 0.210. The summed E-state index contributed by atoms with van der Waals surface area (Å²) in [6.07, 6.45) is 1.78. The third kappa shape index (κ3) is 4.28. The highest BCUT2D eigenvalue weighted by atomic mass is 16.6. The number of imidazole rings is 1. The minimum atomic E-state index is -0.369. The second kappa shape index (κ2) is 9.14. The molecule has 1 saturated carbocycles. The van der Waals surface area contributed by atoms with Gasteiger partial charge in [-0.3, -0.25) is 9.36 Å². The first kappa shape index (κ1) is 23.4. The Morgan fingerprint density at radius 2 is 2.00 bits per heavy atom. The molecule has 1 aliphatic carbocycles. The van der Waals surface area contributed by atoms with Crippen LogP contribution in [0.3, 0.4) is 0 Å². The predicted octanol–water partition coefficient (Wildman–Crippen LogP) is 6.22. The lowest BCUT2D eigenvalue weighted by Crippen LogP contribution is -2.18. The number of ether oxygens (including phenoxy) is 3. The Bertz CT molecular complexity index is 1500. The first-order valence-corrected chi connectivity index (χ1v) is 12.8. The van der Waals surface area contributed by atoms with Gasteiger partial charge < -0.3 is 19.5 Å². The number of nitrogens with zero attached hydrogens (tertiary/aromatic N) is 2. The van der Waals surface area contributed by atoms with Crippen molar-refractivity contribution < 1.29 is 19.0 Å². The molecular weight excluding hydrogens is 466 g/mol. The quantitative estimate of drug-likeness (QED) is 0.306. The predicted molar refractivity (Wildman–Crippen MR) is 143 cm³/mol. The fourth-order valence-corrected chi connectivity index (χ4v) is 5.21.